The van der Waals surface area contributed by atoms with E-state index >= 15 is 0 Å². The summed E-state index contributed by atoms with van der Waals surface area (Å²) in [5.74, 6) is 0. The molecule has 0 aliphatic carbocycles. The molecule has 0 spiro atoms. The summed E-state index contributed by atoms with van der Waals surface area (Å²) >= 11 is 0. The van der Waals surface area contributed by atoms with E-state index in [2.05, 4.69) is 223 Å². The largest absolute Gasteiger partial charge is 0.356 e. The number of para-hydroxylation sites is 2. The van der Waals surface area contributed by atoms with Crippen LogP contribution in [0.1, 0.15) is 13.0 Å². The molecule has 0 heterocycles. The van der Waals surface area contributed by atoms with E-state index in [0.29, 0.717) is 0 Å². The van der Waals surface area contributed by atoms with E-state index in [0.717, 1.165) is 28.4 Å². The zero-order valence-corrected chi connectivity index (χ0v) is 34.0. The van der Waals surface area contributed by atoms with Crippen LogP contribution in [0.5, 0.6) is 0 Å². The maximum absolute atomic E-state index is 3.69. The van der Waals surface area contributed by atoms with E-state index in [1.165, 1.54) is 70.9 Å². The monoisotopic (exact) mass is 796 g/mol. The molecule has 62 heavy (non-hydrogen) atoms. The number of aryl methyl sites for hydroxylation is 1. The van der Waals surface area contributed by atoms with Crippen molar-refractivity contribution in [3.8, 4) is 22.3 Å². The Balaban J connectivity index is 0.000000647. The SMILES string of the molecule is C.Cc1ccc(N(c2ccccc2)c2ccc3c(-c4ccc5ccccc5c4)c4cc(Nc5ccccc5)ccc4c(-c4ccc5ccccc5c4)c3c2)cc1.c1ccccc1. The lowest BCUT2D eigenvalue weighted by atomic mass is 9.84. The van der Waals surface area contributed by atoms with Gasteiger partial charge in [0.25, 0.3) is 0 Å². The first kappa shape index (κ1) is 39.5. The van der Waals surface area contributed by atoms with Crippen molar-refractivity contribution in [2.75, 3.05) is 10.2 Å². The second-order valence-corrected chi connectivity index (χ2v) is 15.5. The zero-order valence-electron chi connectivity index (χ0n) is 34.0. The average Bonchev–Trinajstić information content (AvgIpc) is 3.32. The average molecular weight is 797 g/mol. The quantitative estimate of drug-likeness (QED) is 0.162. The Labute approximate surface area is 365 Å². The summed E-state index contributed by atoms with van der Waals surface area (Å²) in [4.78, 5) is 2.37. The van der Waals surface area contributed by atoms with E-state index in [9.17, 15) is 0 Å². The minimum atomic E-state index is 0. The van der Waals surface area contributed by atoms with Crippen molar-refractivity contribution in [1.29, 1.82) is 0 Å². The maximum Gasteiger partial charge on any atom is 0.0468 e. The van der Waals surface area contributed by atoms with Crippen molar-refractivity contribution in [3.05, 3.63) is 248 Å². The molecule has 0 unspecified atom stereocenters. The minimum absolute atomic E-state index is 0. The van der Waals surface area contributed by atoms with Crippen LogP contribution in [-0.4, -0.2) is 0 Å². The summed E-state index contributed by atoms with van der Waals surface area (Å²) in [5, 5.41) is 13.5. The Bertz CT molecular complexity index is 3240. The van der Waals surface area contributed by atoms with Crippen molar-refractivity contribution in [3.63, 3.8) is 0 Å². The fraction of sp³-hybridized carbons (Fsp3) is 0.0333. The van der Waals surface area contributed by atoms with Gasteiger partial charge in [-0.2, -0.15) is 0 Å². The molecule has 2 nitrogen and oxygen atoms in total. The van der Waals surface area contributed by atoms with Crippen LogP contribution in [-0.2, 0) is 0 Å². The zero-order chi connectivity index (χ0) is 41.0. The number of nitrogens with zero attached hydrogens (tertiary/aromatic N) is 1. The second-order valence-electron chi connectivity index (χ2n) is 15.5. The summed E-state index contributed by atoms with van der Waals surface area (Å²) in [6, 6.07) is 87.0. The first-order valence-corrected chi connectivity index (χ1v) is 20.9. The van der Waals surface area contributed by atoms with Crippen LogP contribution < -0.4 is 10.2 Å². The summed E-state index contributed by atoms with van der Waals surface area (Å²) in [5.41, 5.74) is 11.5. The molecule has 1 N–H and O–H groups in total. The van der Waals surface area contributed by atoms with Gasteiger partial charge in [0.05, 0.1) is 0 Å². The van der Waals surface area contributed by atoms with Gasteiger partial charge in [0.2, 0.25) is 0 Å². The highest BCUT2D eigenvalue weighted by Crippen LogP contribution is 2.48. The number of fused-ring (bicyclic) bond motifs is 4. The predicted molar refractivity (Wildman–Crippen MR) is 270 cm³/mol. The molecule has 0 aliphatic heterocycles. The van der Waals surface area contributed by atoms with Crippen molar-refractivity contribution in [2.24, 2.45) is 0 Å². The molecule has 0 fully saturated rings. The van der Waals surface area contributed by atoms with Crippen molar-refractivity contribution in [1.82, 2.24) is 0 Å². The van der Waals surface area contributed by atoms with Crippen molar-refractivity contribution in [2.45, 2.75) is 14.4 Å². The lowest BCUT2D eigenvalue weighted by Gasteiger charge is -2.27. The maximum atomic E-state index is 3.69. The van der Waals surface area contributed by atoms with Crippen LogP contribution in [0.15, 0.2) is 243 Å². The van der Waals surface area contributed by atoms with Gasteiger partial charge in [0.1, 0.15) is 0 Å². The Morgan fingerprint density at radius 2 is 0.742 bits per heavy atom. The highest BCUT2D eigenvalue weighted by atomic mass is 15.1. The molecule has 0 amide bonds. The number of hydrogen-bond donors (Lipinski definition) is 1. The van der Waals surface area contributed by atoms with Crippen LogP contribution in [0, 0.1) is 6.92 Å². The highest BCUT2D eigenvalue weighted by Gasteiger charge is 2.21. The van der Waals surface area contributed by atoms with E-state index in [1.54, 1.807) is 0 Å². The topological polar surface area (TPSA) is 15.3 Å². The number of nitrogens with one attached hydrogen (secondary N) is 1. The normalized spacial score (nSPS) is 10.9. The van der Waals surface area contributed by atoms with Gasteiger partial charge in [-0.15, -0.1) is 0 Å². The van der Waals surface area contributed by atoms with Gasteiger partial charge < -0.3 is 10.2 Å². The summed E-state index contributed by atoms with van der Waals surface area (Å²) < 4.78 is 0. The summed E-state index contributed by atoms with van der Waals surface area (Å²) in [7, 11) is 0. The molecule has 0 saturated heterocycles. The summed E-state index contributed by atoms with van der Waals surface area (Å²) in [6.07, 6.45) is 0. The van der Waals surface area contributed by atoms with Gasteiger partial charge in [0.15, 0.2) is 0 Å². The van der Waals surface area contributed by atoms with E-state index in [-0.39, 0.29) is 7.43 Å². The summed E-state index contributed by atoms with van der Waals surface area (Å²) in [6.45, 7) is 2.14. The van der Waals surface area contributed by atoms with Gasteiger partial charge in [0, 0.05) is 28.4 Å². The molecular weight excluding hydrogens is 749 g/mol. The van der Waals surface area contributed by atoms with Crippen LogP contribution in [0.4, 0.5) is 28.4 Å². The number of rotatable bonds is 7. The Morgan fingerprint density at radius 1 is 0.306 bits per heavy atom. The second kappa shape index (κ2) is 17.7. The first-order chi connectivity index (χ1) is 30.2. The number of hydrogen-bond acceptors (Lipinski definition) is 2. The Kier molecular flexibility index (Phi) is 11.3. The van der Waals surface area contributed by atoms with E-state index in [1.807, 2.05) is 36.4 Å². The molecule has 0 saturated carbocycles. The van der Waals surface area contributed by atoms with Gasteiger partial charge in [-0.25, -0.2) is 0 Å². The van der Waals surface area contributed by atoms with Crippen LogP contribution in [0.25, 0.3) is 65.3 Å². The smallest absolute Gasteiger partial charge is 0.0468 e. The van der Waals surface area contributed by atoms with Gasteiger partial charge in [-0.3, -0.25) is 0 Å². The molecule has 11 aromatic rings. The molecule has 0 radical (unpaired) electrons. The van der Waals surface area contributed by atoms with Crippen LogP contribution in [0.2, 0.25) is 0 Å². The molecular formula is C60H48N2. The van der Waals surface area contributed by atoms with Crippen LogP contribution >= 0.6 is 0 Å². The van der Waals surface area contributed by atoms with E-state index in [4.69, 9.17) is 0 Å². The third-order valence-electron chi connectivity index (χ3n) is 11.5. The van der Waals surface area contributed by atoms with Crippen molar-refractivity contribution < 1.29 is 0 Å². The Morgan fingerprint density at radius 3 is 1.31 bits per heavy atom. The van der Waals surface area contributed by atoms with Crippen molar-refractivity contribution >= 4 is 71.5 Å². The minimum Gasteiger partial charge on any atom is -0.356 e. The Hall–Kier alpha value is -7.94. The molecule has 298 valence electrons. The fourth-order valence-electron chi connectivity index (χ4n) is 8.54. The molecule has 0 aromatic heterocycles. The molecule has 0 bridgehead atoms. The standard InChI is InChI=1S/C53H38N2.C6H6.CH4/c1-36-20-27-46(28-21-36)55(45-18-6-3-7-19-45)47-29-31-49-51(35-47)53(42-25-23-38-13-9-11-15-40(38)33-42)48-30-26-44(54-43-16-4-2-5-17-43)34-50(48)52(49)41-24-22-37-12-8-10-14-39(37)32-41;1-2-4-6-5-3-1;/h2-35,54H,1H3;1-6H;1H4. The van der Waals surface area contributed by atoms with Gasteiger partial charge >= 0.3 is 0 Å². The highest BCUT2D eigenvalue weighted by molar-refractivity contribution is 6.23. The molecule has 0 atom stereocenters. The molecule has 2 heteroatoms. The molecule has 11 aromatic carbocycles. The fourth-order valence-corrected chi connectivity index (χ4v) is 8.54. The lowest BCUT2D eigenvalue weighted by molar-refractivity contribution is 1.28. The predicted octanol–water partition coefficient (Wildman–Crippen LogP) is 17.5. The molecule has 0 aliphatic rings. The molecule has 11 rings (SSSR count). The van der Waals surface area contributed by atoms with E-state index < -0.39 is 0 Å². The van der Waals surface area contributed by atoms with Crippen LogP contribution in [0.3, 0.4) is 0 Å². The number of anilines is 5. The number of benzene rings is 11. The van der Waals surface area contributed by atoms with Gasteiger partial charge in [-0.1, -0.05) is 183 Å². The third-order valence-corrected chi connectivity index (χ3v) is 11.5. The lowest BCUT2D eigenvalue weighted by Crippen LogP contribution is -2.10. The van der Waals surface area contributed by atoms with Gasteiger partial charge in [-0.05, 0) is 145 Å². The first-order valence-electron chi connectivity index (χ1n) is 20.9. The third kappa shape index (κ3) is 8.02.